The summed E-state index contributed by atoms with van der Waals surface area (Å²) in [6, 6.07) is 8.80. The molecular formula is C18H25N5. The molecule has 122 valence electrons. The molecule has 1 heterocycles. The van der Waals surface area contributed by atoms with Crippen molar-refractivity contribution in [2.24, 2.45) is 4.99 Å². The molecule has 0 atom stereocenters. The summed E-state index contributed by atoms with van der Waals surface area (Å²) in [5, 5.41) is 6.86. The Morgan fingerprint density at radius 1 is 1.30 bits per heavy atom. The molecule has 0 saturated carbocycles. The van der Waals surface area contributed by atoms with Gasteiger partial charge in [0.15, 0.2) is 5.96 Å². The normalized spacial score (nSPS) is 15.5. The fourth-order valence-corrected chi connectivity index (χ4v) is 3.05. The second kappa shape index (κ2) is 7.31. The molecule has 2 N–H and O–H groups in total. The van der Waals surface area contributed by atoms with Gasteiger partial charge in [0.1, 0.15) is 5.82 Å². The second-order valence-electron chi connectivity index (χ2n) is 5.94. The number of nitrogens with zero attached hydrogens (tertiary/aromatic N) is 3. The molecule has 5 nitrogen and oxygen atoms in total. The van der Waals surface area contributed by atoms with E-state index in [0.717, 1.165) is 49.7 Å². The third-order valence-corrected chi connectivity index (χ3v) is 4.27. The van der Waals surface area contributed by atoms with Crippen molar-refractivity contribution in [1.82, 2.24) is 20.2 Å². The largest absolute Gasteiger partial charge is 0.356 e. The van der Waals surface area contributed by atoms with Gasteiger partial charge < -0.3 is 15.2 Å². The molecule has 5 heteroatoms. The molecule has 2 aromatic rings. The van der Waals surface area contributed by atoms with Crippen molar-refractivity contribution in [2.45, 2.75) is 38.8 Å². The van der Waals surface area contributed by atoms with Crippen molar-refractivity contribution in [2.75, 3.05) is 13.6 Å². The molecule has 0 unspecified atom stereocenters. The summed E-state index contributed by atoms with van der Waals surface area (Å²) in [5.41, 5.74) is 2.29. The minimum Gasteiger partial charge on any atom is -0.356 e. The quantitative estimate of drug-likeness (QED) is 0.386. The van der Waals surface area contributed by atoms with Crippen LogP contribution in [0, 0.1) is 6.92 Å². The van der Waals surface area contributed by atoms with E-state index in [1.165, 1.54) is 5.52 Å². The summed E-state index contributed by atoms with van der Waals surface area (Å²) < 4.78 is 2.29. The standard InChI is InChI=1S/C18H25N5/c1-14-21-16-10-5-6-11-17(16)23(14)13-7-12-20-18(19-2)22-15-8-3-4-9-15/h3-6,10-11,15H,7-9,12-13H2,1-2H3,(H2,19,20,22). The van der Waals surface area contributed by atoms with E-state index in [4.69, 9.17) is 0 Å². The fourth-order valence-electron chi connectivity index (χ4n) is 3.05. The van der Waals surface area contributed by atoms with Gasteiger partial charge in [0.05, 0.1) is 11.0 Å². The summed E-state index contributed by atoms with van der Waals surface area (Å²) in [4.78, 5) is 8.91. The van der Waals surface area contributed by atoms with Crippen molar-refractivity contribution >= 4 is 17.0 Å². The molecule has 3 rings (SSSR count). The van der Waals surface area contributed by atoms with E-state index in [-0.39, 0.29) is 0 Å². The summed E-state index contributed by atoms with van der Waals surface area (Å²) in [6.07, 6.45) is 7.64. The third-order valence-electron chi connectivity index (χ3n) is 4.27. The van der Waals surface area contributed by atoms with Crippen LogP contribution in [0.15, 0.2) is 41.4 Å². The molecule has 1 aliphatic carbocycles. The average molecular weight is 311 g/mol. The highest BCUT2D eigenvalue weighted by Crippen LogP contribution is 2.15. The van der Waals surface area contributed by atoms with E-state index >= 15 is 0 Å². The van der Waals surface area contributed by atoms with Crippen LogP contribution < -0.4 is 10.6 Å². The predicted molar refractivity (Wildman–Crippen MR) is 95.7 cm³/mol. The van der Waals surface area contributed by atoms with Gasteiger partial charge in [0.25, 0.3) is 0 Å². The molecular weight excluding hydrogens is 286 g/mol. The number of guanidine groups is 1. The van der Waals surface area contributed by atoms with Crippen molar-refractivity contribution in [3.63, 3.8) is 0 Å². The topological polar surface area (TPSA) is 54.2 Å². The molecule has 0 amide bonds. The van der Waals surface area contributed by atoms with E-state index in [1.54, 1.807) is 0 Å². The van der Waals surface area contributed by atoms with Crippen LogP contribution in [0.5, 0.6) is 0 Å². The Hall–Kier alpha value is -2.30. The number of aliphatic imine (C=N–C) groups is 1. The third kappa shape index (κ3) is 3.73. The second-order valence-corrected chi connectivity index (χ2v) is 5.94. The number of imidazole rings is 1. The molecule has 0 bridgehead atoms. The molecule has 23 heavy (non-hydrogen) atoms. The Morgan fingerprint density at radius 2 is 2.09 bits per heavy atom. The number of hydrogen-bond acceptors (Lipinski definition) is 2. The number of para-hydroxylation sites is 2. The molecule has 0 fully saturated rings. The van der Waals surface area contributed by atoms with Crippen LogP contribution in [0.3, 0.4) is 0 Å². The molecule has 1 aromatic heterocycles. The lowest BCUT2D eigenvalue weighted by atomic mass is 10.2. The highest BCUT2D eigenvalue weighted by atomic mass is 15.2. The van der Waals surface area contributed by atoms with E-state index in [0.29, 0.717) is 6.04 Å². The van der Waals surface area contributed by atoms with Gasteiger partial charge in [0.2, 0.25) is 0 Å². The lowest BCUT2D eigenvalue weighted by Gasteiger charge is -2.17. The smallest absolute Gasteiger partial charge is 0.191 e. The molecule has 0 saturated heterocycles. The fraction of sp³-hybridized carbons (Fsp3) is 0.444. The van der Waals surface area contributed by atoms with Gasteiger partial charge in [-0.2, -0.15) is 0 Å². The molecule has 0 aliphatic heterocycles. The number of nitrogens with one attached hydrogen (secondary N) is 2. The van der Waals surface area contributed by atoms with Gasteiger partial charge in [-0.1, -0.05) is 24.3 Å². The van der Waals surface area contributed by atoms with Crippen LogP contribution in [-0.2, 0) is 6.54 Å². The first kappa shape index (κ1) is 15.6. The van der Waals surface area contributed by atoms with E-state index < -0.39 is 0 Å². The van der Waals surface area contributed by atoms with Gasteiger partial charge in [-0.25, -0.2) is 4.98 Å². The number of aryl methyl sites for hydroxylation is 2. The first-order chi connectivity index (χ1) is 11.3. The monoisotopic (exact) mass is 311 g/mol. The maximum atomic E-state index is 4.61. The van der Waals surface area contributed by atoms with Crippen molar-refractivity contribution in [1.29, 1.82) is 0 Å². The van der Waals surface area contributed by atoms with Gasteiger partial charge >= 0.3 is 0 Å². The average Bonchev–Trinajstić information content (AvgIpc) is 3.18. The summed E-state index contributed by atoms with van der Waals surface area (Å²) in [6.45, 7) is 3.92. The highest BCUT2D eigenvalue weighted by molar-refractivity contribution is 5.80. The van der Waals surface area contributed by atoms with Crippen molar-refractivity contribution < 1.29 is 0 Å². The van der Waals surface area contributed by atoms with Crippen LogP contribution in [0.4, 0.5) is 0 Å². The molecule has 0 spiro atoms. The number of benzene rings is 1. The SMILES string of the molecule is CN=C(NCCCn1c(C)nc2ccccc21)NC1CC=CC1. The number of rotatable bonds is 5. The van der Waals surface area contributed by atoms with Crippen LogP contribution in [0.2, 0.25) is 0 Å². The van der Waals surface area contributed by atoms with Gasteiger partial charge in [-0.3, -0.25) is 4.99 Å². The lowest BCUT2D eigenvalue weighted by molar-refractivity contribution is 0.603. The summed E-state index contributed by atoms with van der Waals surface area (Å²) in [5.74, 6) is 1.97. The van der Waals surface area contributed by atoms with Crippen molar-refractivity contribution in [3.05, 3.63) is 42.2 Å². The minimum atomic E-state index is 0.487. The molecule has 1 aromatic carbocycles. The van der Waals surface area contributed by atoms with Gasteiger partial charge in [-0.05, 0) is 38.3 Å². The zero-order valence-corrected chi connectivity index (χ0v) is 13.9. The van der Waals surface area contributed by atoms with Crippen molar-refractivity contribution in [3.8, 4) is 0 Å². The van der Waals surface area contributed by atoms with E-state index in [1.807, 2.05) is 13.1 Å². The minimum absolute atomic E-state index is 0.487. The Bertz CT molecular complexity index is 705. The predicted octanol–water partition coefficient (Wildman–Crippen LogP) is 2.62. The Balaban J connectivity index is 1.49. The number of fused-ring (bicyclic) bond motifs is 1. The highest BCUT2D eigenvalue weighted by Gasteiger charge is 2.11. The van der Waals surface area contributed by atoms with Crippen LogP contribution in [-0.4, -0.2) is 35.1 Å². The zero-order valence-electron chi connectivity index (χ0n) is 13.9. The molecule has 0 radical (unpaired) electrons. The van der Waals surface area contributed by atoms with E-state index in [2.05, 4.69) is 62.5 Å². The Morgan fingerprint density at radius 3 is 2.87 bits per heavy atom. The number of hydrogen-bond donors (Lipinski definition) is 2. The summed E-state index contributed by atoms with van der Waals surface area (Å²) in [7, 11) is 1.82. The van der Waals surface area contributed by atoms with Crippen LogP contribution >= 0.6 is 0 Å². The number of aromatic nitrogens is 2. The maximum absolute atomic E-state index is 4.61. The van der Waals surface area contributed by atoms with Gasteiger partial charge in [0, 0.05) is 26.2 Å². The van der Waals surface area contributed by atoms with Gasteiger partial charge in [-0.15, -0.1) is 0 Å². The zero-order chi connectivity index (χ0) is 16.1. The first-order valence-electron chi connectivity index (χ1n) is 8.32. The Labute approximate surface area is 137 Å². The van der Waals surface area contributed by atoms with E-state index in [9.17, 15) is 0 Å². The van der Waals surface area contributed by atoms with Crippen LogP contribution in [0.1, 0.15) is 25.1 Å². The molecule has 1 aliphatic rings. The summed E-state index contributed by atoms with van der Waals surface area (Å²) >= 11 is 0. The maximum Gasteiger partial charge on any atom is 0.191 e. The first-order valence-corrected chi connectivity index (χ1v) is 8.32. The lowest BCUT2D eigenvalue weighted by Crippen LogP contribution is -2.42. The van der Waals surface area contributed by atoms with Crippen LogP contribution in [0.25, 0.3) is 11.0 Å². The Kier molecular flexibility index (Phi) is 4.95.